The predicted molar refractivity (Wildman–Crippen MR) is 112 cm³/mol. The maximum absolute atomic E-state index is 12.2. The van der Waals surface area contributed by atoms with Crippen LogP contribution in [0.15, 0.2) is 47.8 Å². The average molecular weight is 411 g/mol. The summed E-state index contributed by atoms with van der Waals surface area (Å²) in [5.74, 6) is -0.983. The number of benzene rings is 2. The van der Waals surface area contributed by atoms with Crippen molar-refractivity contribution in [2.24, 2.45) is 0 Å². The molecule has 0 saturated heterocycles. The summed E-state index contributed by atoms with van der Waals surface area (Å²) in [7, 11) is 0. The van der Waals surface area contributed by atoms with Crippen LogP contribution >= 0.6 is 11.3 Å². The molecule has 0 saturated carbocycles. The Morgan fingerprint density at radius 3 is 2.66 bits per heavy atom. The van der Waals surface area contributed by atoms with Gasteiger partial charge in [-0.2, -0.15) is 0 Å². The van der Waals surface area contributed by atoms with Crippen molar-refractivity contribution in [2.45, 2.75) is 19.8 Å². The number of aromatic nitrogens is 1. The Labute approximate surface area is 172 Å². The van der Waals surface area contributed by atoms with Gasteiger partial charge in [-0.15, -0.1) is 11.3 Å². The van der Waals surface area contributed by atoms with E-state index in [0.29, 0.717) is 17.4 Å². The summed E-state index contributed by atoms with van der Waals surface area (Å²) in [6.45, 7) is 1.89. The number of nitrogens with zero attached hydrogens (tertiary/aromatic N) is 1. The van der Waals surface area contributed by atoms with E-state index in [1.54, 1.807) is 12.3 Å². The van der Waals surface area contributed by atoms with E-state index >= 15 is 0 Å². The molecule has 0 aliphatic heterocycles. The summed E-state index contributed by atoms with van der Waals surface area (Å²) in [6, 6.07) is 13.7. The van der Waals surface area contributed by atoms with E-state index in [-0.39, 0.29) is 37.2 Å². The largest absolute Gasteiger partial charge is 0.466 e. The van der Waals surface area contributed by atoms with E-state index in [4.69, 9.17) is 4.74 Å². The van der Waals surface area contributed by atoms with Crippen molar-refractivity contribution in [3.05, 3.63) is 59.1 Å². The molecule has 0 bridgehead atoms. The van der Waals surface area contributed by atoms with Crippen LogP contribution in [0.25, 0.3) is 10.8 Å². The van der Waals surface area contributed by atoms with Gasteiger partial charge in [-0.05, 0) is 23.3 Å². The number of nitrogens with one attached hydrogen (secondary N) is 2. The van der Waals surface area contributed by atoms with E-state index in [2.05, 4.69) is 15.6 Å². The Morgan fingerprint density at radius 2 is 1.83 bits per heavy atom. The smallest absolute Gasteiger partial charge is 0.311 e. The number of ether oxygens (including phenoxy) is 1. The minimum absolute atomic E-state index is 0.0575. The lowest BCUT2D eigenvalue weighted by atomic mass is 10.0. The molecule has 1 aromatic heterocycles. The SMILES string of the molecule is CCOC(=O)Cc1csc(NC(=O)CNC(=O)Cc2cccc3ccccc23)n1. The monoisotopic (exact) mass is 411 g/mol. The Bertz CT molecular complexity index is 1030. The molecule has 3 rings (SSSR count). The second-order valence-electron chi connectivity index (χ2n) is 6.27. The molecular weight excluding hydrogens is 390 g/mol. The van der Waals surface area contributed by atoms with E-state index in [1.165, 1.54) is 11.3 Å². The lowest BCUT2D eigenvalue weighted by Crippen LogP contribution is -2.33. The second kappa shape index (κ2) is 9.79. The first-order valence-electron chi connectivity index (χ1n) is 9.18. The van der Waals surface area contributed by atoms with Crippen LogP contribution in [0, 0.1) is 0 Å². The van der Waals surface area contributed by atoms with E-state index < -0.39 is 0 Å². The zero-order valence-corrected chi connectivity index (χ0v) is 16.8. The zero-order valence-electron chi connectivity index (χ0n) is 15.9. The molecule has 7 nitrogen and oxygen atoms in total. The van der Waals surface area contributed by atoms with Gasteiger partial charge in [0, 0.05) is 5.38 Å². The van der Waals surface area contributed by atoms with E-state index in [0.717, 1.165) is 16.3 Å². The van der Waals surface area contributed by atoms with Crippen LogP contribution in [0.1, 0.15) is 18.2 Å². The molecule has 29 heavy (non-hydrogen) atoms. The summed E-state index contributed by atoms with van der Waals surface area (Å²) in [6.07, 6.45) is 0.248. The third-order valence-corrected chi connectivity index (χ3v) is 4.91. The number of amides is 2. The van der Waals surface area contributed by atoms with Crippen LogP contribution in [0.3, 0.4) is 0 Å². The molecule has 2 amide bonds. The minimum atomic E-state index is -0.381. The molecule has 2 N–H and O–H groups in total. The van der Waals surface area contributed by atoms with Crippen LogP contribution in [-0.2, 0) is 32.0 Å². The lowest BCUT2D eigenvalue weighted by molar-refractivity contribution is -0.142. The van der Waals surface area contributed by atoms with Gasteiger partial charge < -0.3 is 15.4 Å². The van der Waals surface area contributed by atoms with Gasteiger partial charge in [-0.1, -0.05) is 42.5 Å². The van der Waals surface area contributed by atoms with E-state index in [1.807, 2.05) is 42.5 Å². The molecule has 3 aromatic rings. The zero-order chi connectivity index (χ0) is 20.6. The highest BCUT2D eigenvalue weighted by molar-refractivity contribution is 7.13. The Hall–Kier alpha value is -3.26. The molecule has 0 fully saturated rings. The van der Waals surface area contributed by atoms with Gasteiger partial charge in [0.2, 0.25) is 11.8 Å². The number of esters is 1. The Kier molecular flexibility index (Phi) is 6.91. The van der Waals surface area contributed by atoms with Crippen molar-refractivity contribution < 1.29 is 19.1 Å². The van der Waals surface area contributed by atoms with Crippen molar-refractivity contribution in [3.8, 4) is 0 Å². The maximum Gasteiger partial charge on any atom is 0.311 e. The van der Waals surface area contributed by atoms with Crippen LogP contribution in [0.5, 0.6) is 0 Å². The van der Waals surface area contributed by atoms with Gasteiger partial charge in [0.1, 0.15) is 0 Å². The van der Waals surface area contributed by atoms with Gasteiger partial charge in [0.15, 0.2) is 5.13 Å². The summed E-state index contributed by atoms with van der Waals surface area (Å²) >= 11 is 1.21. The lowest BCUT2D eigenvalue weighted by Gasteiger charge is -2.08. The average Bonchev–Trinajstić information content (AvgIpc) is 3.13. The first kappa shape index (κ1) is 20.5. The number of hydrogen-bond acceptors (Lipinski definition) is 6. The molecule has 0 atom stereocenters. The van der Waals surface area contributed by atoms with Gasteiger partial charge in [0.25, 0.3) is 0 Å². The van der Waals surface area contributed by atoms with Crippen molar-refractivity contribution in [3.63, 3.8) is 0 Å². The molecule has 8 heteroatoms. The third-order valence-electron chi connectivity index (χ3n) is 4.11. The number of fused-ring (bicyclic) bond motifs is 1. The first-order chi connectivity index (χ1) is 14.0. The fourth-order valence-electron chi connectivity index (χ4n) is 2.83. The molecule has 0 radical (unpaired) electrons. The number of thiazole rings is 1. The normalized spacial score (nSPS) is 10.5. The van der Waals surface area contributed by atoms with Crippen molar-refractivity contribution >= 4 is 45.0 Å². The third kappa shape index (κ3) is 5.86. The molecule has 0 aliphatic rings. The number of carbonyl (C=O) groups excluding carboxylic acids is 3. The molecule has 0 unspecified atom stereocenters. The molecule has 0 spiro atoms. The Balaban J connectivity index is 1.48. The topological polar surface area (TPSA) is 97.4 Å². The minimum Gasteiger partial charge on any atom is -0.466 e. The fraction of sp³-hybridized carbons (Fsp3) is 0.238. The summed E-state index contributed by atoms with van der Waals surface area (Å²) in [4.78, 5) is 39.9. The number of hydrogen-bond donors (Lipinski definition) is 2. The van der Waals surface area contributed by atoms with Crippen molar-refractivity contribution in [1.82, 2.24) is 10.3 Å². The maximum atomic E-state index is 12.2. The first-order valence-corrected chi connectivity index (χ1v) is 10.1. The highest BCUT2D eigenvalue weighted by atomic mass is 32.1. The van der Waals surface area contributed by atoms with Gasteiger partial charge in [-0.3, -0.25) is 14.4 Å². The van der Waals surface area contributed by atoms with Gasteiger partial charge >= 0.3 is 5.97 Å². The highest BCUT2D eigenvalue weighted by Crippen LogP contribution is 2.19. The Morgan fingerprint density at radius 1 is 1.03 bits per heavy atom. The molecule has 1 heterocycles. The number of anilines is 1. The summed E-state index contributed by atoms with van der Waals surface area (Å²) in [5.41, 5.74) is 1.44. The predicted octanol–water partition coefficient (Wildman–Crippen LogP) is 2.70. The van der Waals surface area contributed by atoms with Gasteiger partial charge in [-0.25, -0.2) is 4.98 Å². The second-order valence-corrected chi connectivity index (χ2v) is 7.12. The number of carbonyl (C=O) groups is 3. The van der Waals surface area contributed by atoms with Crippen LogP contribution in [-0.4, -0.2) is 35.9 Å². The highest BCUT2D eigenvalue weighted by Gasteiger charge is 2.12. The standard InChI is InChI=1S/C21H21N3O4S/c1-2-28-20(27)11-16-13-29-21(23-16)24-19(26)12-22-18(25)10-15-8-5-7-14-6-3-4-9-17(14)15/h3-9,13H,2,10-12H2,1H3,(H,22,25)(H,23,24,26). The van der Waals surface area contributed by atoms with Crippen molar-refractivity contribution in [2.75, 3.05) is 18.5 Å². The fourth-order valence-corrected chi connectivity index (χ4v) is 3.56. The van der Waals surface area contributed by atoms with E-state index in [9.17, 15) is 14.4 Å². The summed E-state index contributed by atoms with van der Waals surface area (Å²) in [5, 5.41) is 9.39. The molecule has 150 valence electrons. The number of rotatable bonds is 8. The van der Waals surface area contributed by atoms with Crippen LogP contribution < -0.4 is 10.6 Å². The molecule has 0 aliphatic carbocycles. The molecular formula is C21H21N3O4S. The summed E-state index contributed by atoms with van der Waals surface area (Å²) < 4.78 is 4.87. The van der Waals surface area contributed by atoms with Crippen LogP contribution in [0.4, 0.5) is 5.13 Å². The molecule has 2 aromatic carbocycles. The quantitative estimate of drug-likeness (QED) is 0.556. The van der Waals surface area contributed by atoms with Crippen molar-refractivity contribution in [1.29, 1.82) is 0 Å². The van der Waals surface area contributed by atoms with Crippen LogP contribution in [0.2, 0.25) is 0 Å². The van der Waals surface area contributed by atoms with Gasteiger partial charge in [0.05, 0.1) is 31.7 Å².